The fraction of sp³-hybridized carbons (Fsp3) is 0.455. The summed E-state index contributed by atoms with van der Waals surface area (Å²) in [4.78, 5) is 22.4. The van der Waals surface area contributed by atoms with E-state index in [1.807, 2.05) is 0 Å². The van der Waals surface area contributed by atoms with Crippen LogP contribution in [0.15, 0.2) is 23.1 Å². The van der Waals surface area contributed by atoms with Gasteiger partial charge >= 0.3 is 0 Å². The molecule has 1 aliphatic rings. The summed E-state index contributed by atoms with van der Waals surface area (Å²) in [6.07, 6.45) is 4.02. The van der Waals surface area contributed by atoms with Crippen molar-refractivity contribution < 1.29 is 9.53 Å². The van der Waals surface area contributed by atoms with E-state index in [9.17, 15) is 9.59 Å². The zero-order valence-electron chi connectivity index (χ0n) is 8.39. The minimum atomic E-state index is -0.195. The molecule has 1 saturated heterocycles. The number of rotatable bonds is 2. The van der Waals surface area contributed by atoms with E-state index in [0.717, 1.165) is 12.8 Å². The molecule has 0 atom stereocenters. The molecule has 1 fully saturated rings. The lowest BCUT2D eigenvalue weighted by molar-refractivity contribution is 0.0686. The van der Waals surface area contributed by atoms with E-state index in [2.05, 4.69) is 0 Å². The van der Waals surface area contributed by atoms with Crippen molar-refractivity contribution in [3.63, 3.8) is 0 Å². The van der Waals surface area contributed by atoms with Gasteiger partial charge in [0.15, 0.2) is 6.29 Å². The SMILES string of the molecule is O=Cc1cccn(C2CCOCC2)c1=O. The Hall–Kier alpha value is -1.42. The number of nitrogens with zero attached hydrogens (tertiary/aromatic N) is 1. The van der Waals surface area contributed by atoms with Crippen molar-refractivity contribution in [3.8, 4) is 0 Å². The van der Waals surface area contributed by atoms with Crippen LogP contribution in [0.3, 0.4) is 0 Å². The van der Waals surface area contributed by atoms with Crippen molar-refractivity contribution in [2.45, 2.75) is 18.9 Å². The molecule has 15 heavy (non-hydrogen) atoms. The van der Waals surface area contributed by atoms with Gasteiger partial charge in [0, 0.05) is 25.5 Å². The minimum absolute atomic E-state index is 0.172. The molecule has 1 aliphatic heterocycles. The van der Waals surface area contributed by atoms with Gasteiger partial charge in [0.05, 0.1) is 5.56 Å². The number of carbonyl (C=O) groups is 1. The number of pyridine rings is 1. The molecule has 0 saturated carbocycles. The molecule has 0 radical (unpaired) electrons. The van der Waals surface area contributed by atoms with Crippen molar-refractivity contribution in [1.29, 1.82) is 0 Å². The number of hydrogen-bond donors (Lipinski definition) is 0. The Labute approximate surface area is 87.5 Å². The predicted molar refractivity (Wildman–Crippen MR) is 55.2 cm³/mol. The zero-order chi connectivity index (χ0) is 10.7. The summed E-state index contributed by atoms with van der Waals surface area (Å²) >= 11 is 0. The molecular weight excluding hydrogens is 194 g/mol. The van der Waals surface area contributed by atoms with E-state index in [-0.39, 0.29) is 17.2 Å². The number of aldehydes is 1. The summed E-state index contributed by atoms with van der Waals surface area (Å²) in [5.41, 5.74) is 0.0309. The minimum Gasteiger partial charge on any atom is -0.381 e. The first-order valence-corrected chi connectivity index (χ1v) is 5.07. The normalized spacial score (nSPS) is 17.6. The largest absolute Gasteiger partial charge is 0.381 e. The van der Waals surface area contributed by atoms with E-state index in [1.165, 1.54) is 0 Å². The first-order chi connectivity index (χ1) is 7.33. The van der Waals surface area contributed by atoms with Crippen LogP contribution in [0.4, 0.5) is 0 Å². The molecule has 0 unspecified atom stereocenters. The third kappa shape index (κ3) is 1.99. The second kappa shape index (κ2) is 4.40. The maximum atomic E-state index is 11.8. The molecule has 0 aromatic carbocycles. The maximum absolute atomic E-state index is 11.8. The topological polar surface area (TPSA) is 48.3 Å². The van der Waals surface area contributed by atoms with Crippen molar-refractivity contribution in [2.75, 3.05) is 13.2 Å². The van der Waals surface area contributed by atoms with Gasteiger partial charge < -0.3 is 9.30 Å². The Morgan fingerprint density at radius 2 is 2.13 bits per heavy atom. The average molecular weight is 207 g/mol. The number of carbonyl (C=O) groups excluding carboxylic acids is 1. The molecule has 0 spiro atoms. The third-order valence-corrected chi connectivity index (χ3v) is 2.72. The van der Waals surface area contributed by atoms with Crippen LogP contribution >= 0.6 is 0 Å². The molecule has 4 heteroatoms. The van der Waals surface area contributed by atoms with Crippen LogP contribution in [0.5, 0.6) is 0 Å². The lowest BCUT2D eigenvalue weighted by Crippen LogP contribution is -2.30. The molecule has 0 bridgehead atoms. The van der Waals surface area contributed by atoms with Crippen molar-refractivity contribution in [1.82, 2.24) is 4.57 Å². The Morgan fingerprint density at radius 1 is 1.40 bits per heavy atom. The summed E-state index contributed by atoms with van der Waals surface area (Å²) in [5, 5.41) is 0. The fourth-order valence-corrected chi connectivity index (χ4v) is 1.87. The van der Waals surface area contributed by atoms with Gasteiger partial charge in [-0.15, -0.1) is 0 Å². The van der Waals surface area contributed by atoms with Crippen molar-refractivity contribution in [3.05, 3.63) is 34.2 Å². The second-order valence-corrected chi connectivity index (χ2v) is 3.64. The van der Waals surface area contributed by atoms with Crippen LogP contribution in [0.1, 0.15) is 29.2 Å². The molecule has 80 valence electrons. The Balaban J connectivity index is 2.34. The smallest absolute Gasteiger partial charge is 0.261 e. The van der Waals surface area contributed by atoms with E-state index in [0.29, 0.717) is 19.5 Å². The summed E-state index contributed by atoms with van der Waals surface area (Å²) in [7, 11) is 0. The van der Waals surface area contributed by atoms with Crippen molar-refractivity contribution >= 4 is 6.29 Å². The van der Waals surface area contributed by atoms with Gasteiger partial charge in [-0.05, 0) is 25.0 Å². The van der Waals surface area contributed by atoms with Gasteiger partial charge in [-0.1, -0.05) is 0 Å². The molecule has 1 aromatic heterocycles. The monoisotopic (exact) mass is 207 g/mol. The van der Waals surface area contributed by atoms with E-state index in [4.69, 9.17) is 4.74 Å². The maximum Gasteiger partial charge on any atom is 0.261 e. The highest BCUT2D eigenvalue weighted by Crippen LogP contribution is 2.18. The molecule has 1 aromatic rings. The lowest BCUT2D eigenvalue weighted by atomic mass is 10.1. The van der Waals surface area contributed by atoms with Gasteiger partial charge in [0.1, 0.15) is 0 Å². The highest BCUT2D eigenvalue weighted by atomic mass is 16.5. The first-order valence-electron chi connectivity index (χ1n) is 5.07. The highest BCUT2D eigenvalue weighted by Gasteiger charge is 2.17. The first kappa shape index (κ1) is 10.1. The van der Waals surface area contributed by atoms with Crippen LogP contribution in [-0.4, -0.2) is 24.1 Å². The molecular formula is C11H13NO3. The van der Waals surface area contributed by atoms with Crippen LogP contribution in [0.2, 0.25) is 0 Å². The van der Waals surface area contributed by atoms with E-state index >= 15 is 0 Å². The fourth-order valence-electron chi connectivity index (χ4n) is 1.87. The van der Waals surface area contributed by atoms with Gasteiger partial charge in [-0.25, -0.2) is 0 Å². The standard InChI is InChI=1S/C11H13NO3/c13-8-9-2-1-5-12(11(9)14)10-3-6-15-7-4-10/h1-2,5,8,10H,3-4,6-7H2. The second-order valence-electron chi connectivity index (χ2n) is 3.64. The van der Waals surface area contributed by atoms with Crippen LogP contribution in [0.25, 0.3) is 0 Å². The Kier molecular flexibility index (Phi) is 2.97. The molecule has 2 rings (SSSR count). The average Bonchev–Trinajstić information content (AvgIpc) is 2.30. The molecule has 0 amide bonds. The number of aromatic nitrogens is 1. The van der Waals surface area contributed by atoms with E-state index < -0.39 is 0 Å². The molecule has 4 nitrogen and oxygen atoms in total. The van der Waals surface area contributed by atoms with E-state index in [1.54, 1.807) is 22.9 Å². The van der Waals surface area contributed by atoms with Crippen LogP contribution in [-0.2, 0) is 4.74 Å². The Morgan fingerprint density at radius 3 is 2.80 bits per heavy atom. The Bertz CT molecular complexity index is 405. The van der Waals surface area contributed by atoms with Gasteiger partial charge in [-0.3, -0.25) is 9.59 Å². The highest BCUT2D eigenvalue weighted by molar-refractivity contribution is 5.73. The van der Waals surface area contributed by atoms with Gasteiger partial charge in [-0.2, -0.15) is 0 Å². The summed E-state index contributed by atoms with van der Waals surface area (Å²) in [5.74, 6) is 0. The lowest BCUT2D eigenvalue weighted by Gasteiger charge is -2.24. The summed E-state index contributed by atoms with van der Waals surface area (Å²) in [6, 6.07) is 3.46. The quantitative estimate of drug-likeness (QED) is 0.680. The number of ether oxygens (including phenoxy) is 1. The number of hydrogen-bond acceptors (Lipinski definition) is 3. The van der Waals surface area contributed by atoms with Crippen LogP contribution in [0, 0.1) is 0 Å². The zero-order valence-corrected chi connectivity index (χ0v) is 8.39. The van der Waals surface area contributed by atoms with Crippen LogP contribution < -0.4 is 5.56 Å². The molecule has 0 N–H and O–H groups in total. The van der Waals surface area contributed by atoms with Crippen molar-refractivity contribution in [2.24, 2.45) is 0 Å². The third-order valence-electron chi connectivity index (χ3n) is 2.72. The molecule has 2 heterocycles. The van der Waals surface area contributed by atoms with Gasteiger partial charge in [0.25, 0.3) is 5.56 Å². The summed E-state index contributed by atoms with van der Waals surface area (Å²) < 4.78 is 6.88. The molecule has 0 aliphatic carbocycles. The summed E-state index contributed by atoms with van der Waals surface area (Å²) in [6.45, 7) is 1.37. The predicted octanol–water partition coefficient (Wildman–Crippen LogP) is 1.01. The van der Waals surface area contributed by atoms with Gasteiger partial charge in [0.2, 0.25) is 0 Å².